The van der Waals surface area contributed by atoms with Crippen molar-refractivity contribution in [2.45, 2.75) is 31.9 Å². The average Bonchev–Trinajstić information content (AvgIpc) is 3.09. The van der Waals surface area contributed by atoms with Gasteiger partial charge in [-0.3, -0.25) is 0 Å². The van der Waals surface area contributed by atoms with Gasteiger partial charge in [-0.05, 0) is 53.8 Å². The van der Waals surface area contributed by atoms with E-state index in [9.17, 15) is 9.90 Å². The first-order valence-electron chi connectivity index (χ1n) is 10.6. The van der Waals surface area contributed by atoms with Gasteiger partial charge in [-0.1, -0.05) is 60.7 Å². The Bertz CT molecular complexity index is 1020. The van der Waals surface area contributed by atoms with Gasteiger partial charge in [-0.25, -0.2) is 4.79 Å². The van der Waals surface area contributed by atoms with Crippen molar-refractivity contribution in [2.75, 3.05) is 18.9 Å². The van der Waals surface area contributed by atoms with E-state index >= 15 is 0 Å². The zero-order valence-electron chi connectivity index (χ0n) is 17.9. The van der Waals surface area contributed by atoms with Crippen LogP contribution in [0.5, 0.6) is 0 Å². The molecule has 0 saturated carbocycles. The number of fused-ring (bicyclic) bond motifs is 3. The van der Waals surface area contributed by atoms with Crippen LogP contribution in [0.25, 0.3) is 11.1 Å². The number of nitrogens with two attached hydrogens (primary N) is 1. The lowest BCUT2D eigenvalue weighted by molar-refractivity contribution is 0.0594. The molecule has 3 aromatic rings. The topological polar surface area (TPSA) is 75.8 Å². The van der Waals surface area contributed by atoms with Crippen LogP contribution in [0, 0.1) is 0 Å². The van der Waals surface area contributed by atoms with E-state index in [1.807, 2.05) is 38.1 Å². The Labute approximate surface area is 183 Å². The number of rotatable bonds is 6. The van der Waals surface area contributed by atoms with Crippen LogP contribution in [0.2, 0.25) is 0 Å². The number of benzene rings is 3. The van der Waals surface area contributed by atoms with Crippen molar-refractivity contribution in [2.24, 2.45) is 0 Å². The lowest BCUT2D eigenvalue weighted by Gasteiger charge is -2.29. The standard InChI is InChI=1S/C26H28N2O3/c1-17(2)28(15-25(29)18-11-13-19(27)14-12-18)26(30)31-16-24-22-9-5-3-7-20(22)21-8-4-6-10-23(21)24/h3-14,17,24-25,29H,15-16,27H2,1-2H3. The van der Waals surface area contributed by atoms with E-state index in [0.29, 0.717) is 11.3 Å². The maximum absolute atomic E-state index is 13.0. The summed E-state index contributed by atoms with van der Waals surface area (Å²) in [5.74, 6) is 0.00684. The Morgan fingerprint density at radius 1 is 0.968 bits per heavy atom. The lowest BCUT2D eigenvalue weighted by Crippen LogP contribution is -2.40. The van der Waals surface area contributed by atoms with Crippen LogP contribution < -0.4 is 5.73 Å². The molecule has 0 radical (unpaired) electrons. The highest BCUT2D eigenvalue weighted by Crippen LogP contribution is 2.44. The molecule has 5 nitrogen and oxygen atoms in total. The summed E-state index contributed by atoms with van der Waals surface area (Å²) in [5, 5.41) is 10.6. The van der Waals surface area contributed by atoms with Crippen molar-refractivity contribution >= 4 is 11.8 Å². The van der Waals surface area contributed by atoms with Crippen LogP contribution in [-0.2, 0) is 4.74 Å². The molecule has 0 bridgehead atoms. The smallest absolute Gasteiger partial charge is 0.410 e. The van der Waals surface area contributed by atoms with E-state index in [4.69, 9.17) is 10.5 Å². The first-order valence-corrected chi connectivity index (χ1v) is 10.6. The van der Waals surface area contributed by atoms with E-state index in [1.54, 1.807) is 29.2 Å². The lowest BCUT2D eigenvalue weighted by atomic mass is 9.98. The third kappa shape index (κ3) is 4.28. The molecular formula is C26H28N2O3. The van der Waals surface area contributed by atoms with E-state index in [2.05, 4.69) is 24.3 Å². The Kier molecular flexibility index (Phi) is 5.96. The van der Waals surface area contributed by atoms with Crippen molar-refractivity contribution < 1.29 is 14.6 Å². The number of carbonyl (C=O) groups is 1. The highest BCUT2D eigenvalue weighted by atomic mass is 16.6. The molecule has 0 heterocycles. The fraction of sp³-hybridized carbons (Fsp3) is 0.269. The molecular weight excluding hydrogens is 388 g/mol. The monoisotopic (exact) mass is 416 g/mol. The van der Waals surface area contributed by atoms with Gasteiger partial charge in [0, 0.05) is 17.6 Å². The second-order valence-corrected chi connectivity index (χ2v) is 8.23. The molecule has 0 spiro atoms. The van der Waals surface area contributed by atoms with Crippen molar-refractivity contribution in [3.63, 3.8) is 0 Å². The molecule has 1 aliphatic carbocycles. The zero-order valence-corrected chi connectivity index (χ0v) is 17.9. The number of nitrogen functional groups attached to an aromatic ring is 1. The van der Waals surface area contributed by atoms with Gasteiger partial charge in [0.1, 0.15) is 6.61 Å². The molecule has 3 N–H and O–H groups in total. The summed E-state index contributed by atoms with van der Waals surface area (Å²) in [4.78, 5) is 14.5. The Hall–Kier alpha value is -3.31. The molecule has 160 valence electrons. The summed E-state index contributed by atoms with van der Waals surface area (Å²) >= 11 is 0. The van der Waals surface area contributed by atoms with Gasteiger partial charge in [0.15, 0.2) is 0 Å². The number of hydrogen-bond acceptors (Lipinski definition) is 4. The van der Waals surface area contributed by atoms with Crippen LogP contribution >= 0.6 is 0 Å². The molecule has 0 aromatic heterocycles. The Morgan fingerprint density at radius 2 is 1.52 bits per heavy atom. The summed E-state index contributed by atoms with van der Waals surface area (Å²) in [6.07, 6.45) is -1.24. The first kappa shape index (κ1) is 20.9. The quantitative estimate of drug-likeness (QED) is 0.557. The number of ether oxygens (including phenoxy) is 1. The highest BCUT2D eigenvalue weighted by Gasteiger charge is 2.30. The SMILES string of the molecule is CC(C)N(CC(O)c1ccc(N)cc1)C(=O)OCC1c2ccccc2-c2ccccc21. The van der Waals surface area contributed by atoms with Crippen molar-refractivity contribution in [1.29, 1.82) is 0 Å². The second-order valence-electron chi connectivity index (χ2n) is 8.23. The van der Waals surface area contributed by atoms with Gasteiger partial charge in [-0.2, -0.15) is 0 Å². The van der Waals surface area contributed by atoms with Gasteiger partial charge in [0.2, 0.25) is 0 Å². The number of nitrogens with zero attached hydrogens (tertiary/aromatic N) is 1. The maximum atomic E-state index is 13.0. The summed E-state index contributed by atoms with van der Waals surface area (Å²) in [6, 6.07) is 23.4. The summed E-state index contributed by atoms with van der Waals surface area (Å²) in [7, 11) is 0. The molecule has 1 aliphatic rings. The van der Waals surface area contributed by atoms with Crippen LogP contribution in [0.3, 0.4) is 0 Å². The molecule has 4 rings (SSSR count). The van der Waals surface area contributed by atoms with Crippen molar-refractivity contribution in [3.05, 3.63) is 89.5 Å². The molecule has 0 fully saturated rings. The molecule has 1 atom stereocenters. The zero-order chi connectivity index (χ0) is 22.0. The Balaban J connectivity index is 1.47. The Morgan fingerprint density at radius 3 is 2.06 bits per heavy atom. The third-order valence-corrected chi connectivity index (χ3v) is 5.88. The van der Waals surface area contributed by atoms with E-state index in [1.165, 1.54) is 22.3 Å². The fourth-order valence-electron chi connectivity index (χ4n) is 4.18. The predicted molar refractivity (Wildman–Crippen MR) is 123 cm³/mol. The van der Waals surface area contributed by atoms with E-state index in [0.717, 1.165) is 0 Å². The third-order valence-electron chi connectivity index (χ3n) is 5.88. The van der Waals surface area contributed by atoms with Crippen LogP contribution in [0.15, 0.2) is 72.8 Å². The normalized spacial score (nSPS) is 13.5. The van der Waals surface area contributed by atoms with Crippen LogP contribution in [0.1, 0.15) is 42.6 Å². The van der Waals surface area contributed by atoms with Gasteiger partial charge in [0.25, 0.3) is 0 Å². The number of hydrogen-bond donors (Lipinski definition) is 2. The van der Waals surface area contributed by atoms with E-state index in [-0.39, 0.29) is 25.1 Å². The minimum Gasteiger partial charge on any atom is -0.448 e. The number of amides is 1. The summed E-state index contributed by atoms with van der Waals surface area (Å²) in [5.41, 5.74) is 11.8. The highest BCUT2D eigenvalue weighted by molar-refractivity contribution is 5.79. The predicted octanol–water partition coefficient (Wildman–Crippen LogP) is 4.96. The number of carbonyl (C=O) groups excluding carboxylic acids is 1. The molecule has 1 amide bonds. The molecule has 31 heavy (non-hydrogen) atoms. The fourth-order valence-corrected chi connectivity index (χ4v) is 4.18. The molecule has 0 aliphatic heterocycles. The summed E-state index contributed by atoms with van der Waals surface area (Å²) < 4.78 is 5.77. The van der Waals surface area contributed by atoms with Gasteiger partial charge in [0.05, 0.1) is 12.6 Å². The molecule has 5 heteroatoms. The molecule has 3 aromatic carbocycles. The van der Waals surface area contributed by atoms with Gasteiger partial charge < -0.3 is 20.5 Å². The second kappa shape index (κ2) is 8.82. The largest absolute Gasteiger partial charge is 0.448 e. The minimum atomic E-state index is -0.816. The molecule has 0 saturated heterocycles. The number of anilines is 1. The summed E-state index contributed by atoms with van der Waals surface area (Å²) in [6.45, 7) is 4.24. The average molecular weight is 417 g/mol. The molecule has 1 unspecified atom stereocenters. The van der Waals surface area contributed by atoms with Crippen LogP contribution in [0.4, 0.5) is 10.5 Å². The first-order chi connectivity index (χ1) is 15.0. The van der Waals surface area contributed by atoms with Gasteiger partial charge in [-0.15, -0.1) is 0 Å². The maximum Gasteiger partial charge on any atom is 0.410 e. The van der Waals surface area contributed by atoms with Crippen LogP contribution in [-0.4, -0.2) is 35.3 Å². The number of aliphatic hydroxyl groups excluding tert-OH is 1. The van der Waals surface area contributed by atoms with Gasteiger partial charge >= 0.3 is 6.09 Å². The minimum absolute atomic E-state index is 0.00684. The number of aliphatic hydroxyl groups is 1. The van der Waals surface area contributed by atoms with Crippen molar-refractivity contribution in [1.82, 2.24) is 4.90 Å². The van der Waals surface area contributed by atoms with Crippen molar-refractivity contribution in [3.8, 4) is 11.1 Å². The van der Waals surface area contributed by atoms with E-state index < -0.39 is 12.2 Å².